The van der Waals surface area contributed by atoms with E-state index in [2.05, 4.69) is 15.4 Å². The summed E-state index contributed by atoms with van der Waals surface area (Å²) in [5.74, 6) is -0.692. The molecule has 0 unspecified atom stereocenters. The molecule has 0 aliphatic rings. The molecule has 10 heteroatoms. The number of hydrogen-bond acceptors (Lipinski definition) is 5. The fourth-order valence-corrected chi connectivity index (χ4v) is 3.60. The van der Waals surface area contributed by atoms with Crippen molar-refractivity contribution in [2.24, 2.45) is 0 Å². The topological polar surface area (TPSA) is 69.0 Å². The van der Waals surface area contributed by atoms with Crippen molar-refractivity contribution in [3.8, 4) is 10.9 Å². The number of alkyl halides is 3. The van der Waals surface area contributed by atoms with Gasteiger partial charge in [-0.3, -0.25) is 0 Å². The zero-order chi connectivity index (χ0) is 20.4. The van der Waals surface area contributed by atoms with Crippen molar-refractivity contribution in [2.75, 3.05) is 0 Å². The summed E-state index contributed by atoms with van der Waals surface area (Å²) in [6, 6.07) is 15.9. The second kappa shape index (κ2) is 7.55. The zero-order valence-electron chi connectivity index (χ0n) is 14.7. The van der Waals surface area contributed by atoms with Gasteiger partial charge < -0.3 is 10.1 Å². The van der Waals surface area contributed by atoms with Crippen molar-refractivity contribution < 1.29 is 22.7 Å². The Labute approximate surface area is 166 Å². The molecule has 0 aliphatic heterocycles. The molecule has 6 nitrogen and oxygen atoms in total. The molecule has 0 fully saturated rings. The van der Waals surface area contributed by atoms with Crippen LogP contribution in [0, 0.1) is 0 Å². The molecule has 4 aromatic rings. The van der Waals surface area contributed by atoms with E-state index in [4.69, 9.17) is 4.74 Å². The lowest BCUT2D eigenvalue weighted by Gasteiger charge is -2.11. The lowest BCUT2D eigenvalue weighted by atomic mass is 10.2. The van der Waals surface area contributed by atoms with E-state index in [-0.39, 0.29) is 11.7 Å². The Kier molecular flexibility index (Phi) is 4.93. The smallest absolute Gasteiger partial charge is 0.406 e. The summed E-state index contributed by atoms with van der Waals surface area (Å²) in [5.41, 5.74) is 0.135. The van der Waals surface area contributed by atoms with Gasteiger partial charge in [0.2, 0.25) is 5.13 Å². The van der Waals surface area contributed by atoms with Crippen LogP contribution < -0.4 is 10.1 Å². The van der Waals surface area contributed by atoms with Crippen LogP contribution in [-0.4, -0.2) is 20.9 Å². The summed E-state index contributed by atoms with van der Waals surface area (Å²) in [5, 5.41) is 6.20. The fraction of sp³-hybridized carbons (Fsp3) is 0.105. The second-order valence-electron chi connectivity index (χ2n) is 5.96. The predicted octanol–water partition coefficient (Wildman–Crippen LogP) is 4.79. The Morgan fingerprint density at radius 3 is 2.55 bits per heavy atom. The number of nitrogens with one attached hydrogen (secondary N) is 1. The Hall–Kier alpha value is -3.40. The van der Waals surface area contributed by atoms with Crippen molar-refractivity contribution >= 4 is 27.6 Å². The summed E-state index contributed by atoms with van der Waals surface area (Å²) in [7, 11) is 0. The average molecular weight is 418 g/mol. The highest BCUT2D eigenvalue weighted by Gasteiger charge is 2.41. The minimum Gasteiger partial charge on any atom is -0.406 e. The monoisotopic (exact) mass is 418 g/mol. The van der Waals surface area contributed by atoms with E-state index in [1.165, 1.54) is 0 Å². The number of carbonyl (C=O) groups is 1. The summed E-state index contributed by atoms with van der Waals surface area (Å²) >= 11 is 1.05. The highest BCUT2D eigenvalue weighted by molar-refractivity contribution is 7.20. The van der Waals surface area contributed by atoms with Gasteiger partial charge in [-0.25, -0.2) is 9.78 Å². The van der Waals surface area contributed by atoms with Gasteiger partial charge in [-0.15, -0.1) is 0 Å². The van der Waals surface area contributed by atoms with Crippen LogP contribution in [0.25, 0.3) is 15.3 Å². The summed E-state index contributed by atoms with van der Waals surface area (Å²) in [6.07, 6.45) is -4.95. The maximum atomic E-state index is 13.7. The lowest BCUT2D eigenvalue weighted by molar-refractivity contribution is -0.143. The molecule has 4 rings (SSSR count). The van der Waals surface area contributed by atoms with E-state index in [1.807, 2.05) is 6.07 Å². The minimum absolute atomic E-state index is 0.0260. The molecular formula is C19H13F3N4O2S. The van der Waals surface area contributed by atoms with Gasteiger partial charge in [-0.2, -0.15) is 23.0 Å². The SMILES string of the molecule is O=C(NCc1ccccc1)Oc1cnn(-c2nc3ccccc3s2)c1C(F)(F)F. The molecule has 2 aromatic carbocycles. The molecular weight excluding hydrogens is 405 g/mol. The number of carbonyl (C=O) groups excluding carboxylic acids is 1. The Bertz CT molecular complexity index is 1120. The normalized spacial score (nSPS) is 11.6. The summed E-state index contributed by atoms with van der Waals surface area (Å²) < 4.78 is 47.3. The third kappa shape index (κ3) is 4.06. The van der Waals surface area contributed by atoms with E-state index in [0.717, 1.165) is 23.1 Å². The van der Waals surface area contributed by atoms with Gasteiger partial charge in [-0.05, 0) is 17.7 Å². The molecule has 1 amide bonds. The van der Waals surface area contributed by atoms with Gasteiger partial charge in [0.05, 0.1) is 16.4 Å². The van der Waals surface area contributed by atoms with Gasteiger partial charge in [-0.1, -0.05) is 53.8 Å². The molecule has 2 aromatic heterocycles. The second-order valence-corrected chi connectivity index (χ2v) is 6.97. The van der Waals surface area contributed by atoms with Crippen LogP contribution in [0.2, 0.25) is 0 Å². The molecule has 2 heterocycles. The summed E-state index contributed by atoms with van der Waals surface area (Å²) in [4.78, 5) is 16.2. The molecule has 0 spiro atoms. The minimum atomic E-state index is -4.80. The maximum Gasteiger partial charge on any atom is 0.437 e. The number of para-hydroxylation sites is 1. The molecule has 0 aliphatic carbocycles. The Morgan fingerprint density at radius 1 is 1.10 bits per heavy atom. The fourth-order valence-electron chi connectivity index (χ4n) is 2.67. The van der Waals surface area contributed by atoms with Crippen LogP contribution in [0.15, 0.2) is 60.8 Å². The number of fused-ring (bicyclic) bond motifs is 1. The van der Waals surface area contributed by atoms with Crippen molar-refractivity contribution in [2.45, 2.75) is 12.7 Å². The van der Waals surface area contributed by atoms with Gasteiger partial charge in [0.1, 0.15) is 0 Å². The first kappa shape index (κ1) is 18.9. The van der Waals surface area contributed by atoms with Crippen molar-refractivity contribution in [1.82, 2.24) is 20.1 Å². The first-order chi connectivity index (χ1) is 13.9. The first-order valence-corrected chi connectivity index (χ1v) is 9.24. The maximum absolute atomic E-state index is 13.7. The first-order valence-electron chi connectivity index (χ1n) is 8.42. The van der Waals surface area contributed by atoms with E-state index in [9.17, 15) is 18.0 Å². The van der Waals surface area contributed by atoms with Crippen molar-refractivity contribution in [1.29, 1.82) is 0 Å². The highest BCUT2D eigenvalue weighted by atomic mass is 32.1. The van der Waals surface area contributed by atoms with Gasteiger partial charge >= 0.3 is 12.3 Å². The molecule has 0 atom stereocenters. The van der Waals surface area contributed by atoms with Crippen LogP contribution >= 0.6 is 11.3 Å². The van der Waals surface area contributed by atoms with E-state index >= 15 is 0 Å². The number of rotatable bonds is 4. The lowest BCUT2D eigenvalue weighted by Crippen LogP contribution is -2.27. The highest BCUT2D eigenvalue weighted by Crippen LogP contribution is 2.38. The van der Waals surface area contributed by atoms with Gasteiger partial charge in [0, 0.05) is 6.54 Å². The molecule has 0 saturated carbocycles. The molecule has 1 N–H and O–H groups in total. The number of nitrogens with zero attached hydrogens (tertiary/aromatic N) is 3. The van der Waals surface area contributed by atoms with E-state index in [0.29, 0.717) is 14.9 Å². The summed E-state index contributed by atoms with van der Waals surface area (Å²) in [6.45, 7) is 0.118. The molecule has 0 saturated heterocycles. The predicted molar refractivity (Wildman–Crippen MR) is 101 cm³/mol. The molecule has 0 bridgehead atoms. The number of hydrogen-bond donors (Lipinski definition) is 1. The standard InChI is InChI=1S/C19H13F3N4O2S/c20-19(21,22)16-14(28-18(27)23-10-12-6-2-1-3-7-12)11-24-26(16)17-25-13-8-4-5-9-15(13)29-17/h1-9,11H,10H2,(H,23,27). The quantitative estimate of drug-likeness (QED) is 0.517. The third-order valence-electron chi connectivity index (χ3n) is 3.95. The number of amides is 1. The van der Waals surface area contributed by atoms with Crippen LogP contribution in [0.1, 0.15) is 11.3 Å². The van der Waals surface area contributed by atoms with Gasteiger partial charge in [0.25, 0.3) is 0 Å². The number of benzene rings is 2. The van der Waals surface area contributed by atoms with Crippen LogP contribution in [0.5, 0.6) is 5.75 Å². The number of halogens is 3. The number of thiazole rings is 1. The van der Waals surface area contributed by atoms with Crippen LogP contribution in [-0.2, 0) is 12.7 Å². The van der Waals surface area contributed by atoms with E-state index < -0.39 is 23.7 Å². The number of ether oxygens (including phenoxy) is 1. The van der Waals surface area contributed by atoms with E-state index in [1.54, 1.807) is 48.5 Å². The molecule has 0 radical (unpaired) electrons. The van der Waals surface area contributed by atoms with Gasteiger partial charge in [0.15, 0.2) is 11.4 Å². The van der Waals surface area contributed by atoms with Crippen molar-refractivity contribution in [3.05, 3.63) is 72.1 Å². The van der Waals surface area contributed by atoms with Crippen LogP contribution in [0.3, 0.4) is 0 Å². The third-order valence-corrected chi connectivity index (χ3v) is 4.96. The zero-order valence-corrected chi connectivity index (χ0v) is 15.5. The Balaban J connectivity index is 1.60. The van der Waals surface area contributed by atoms with Crippen LogP contribution in [0.4, 0.5) is 18.0 Å². The Morgan fingerprint density at radius 2 is 1.83 bits per heavy atom. The average Bonchev–Trinajstić information content (AvgIpc) is 3.30. The molecule has 29 heavy (non-hydrogen) atoms. The number of aromatic nitrogens is 3. The largest absolute Gasteiger partial charge is 0.437 e. The van der Waals surface area contributed by atoms with Crippen molar-refractivity contribution in [3.63, 3.8) is 0 Å². The molecule has 148 valence electrons.